The first kappa shape index (κ1) is 29.0. The molecule has 5 rings (SSSR count). The van der Waals surface area contributed by atoms with Crippen LogP contribution >= 0.6 is 23.2 Å². The second-order valence-electron chi connectivity index (χ2n) is 11.6. The molecule has 214 valence electrons. The summed E-state index contributed by atoms with van der Waals surface area (Å²) in [5, 5.41) is 8.40. The van der Waals surface area contributed by atoms with Gasteiger partial charge in [-0.15, -0.1) is 0 Å². The number of hydrogen-bond donors (Lipinski definition) is 4. The van der Waals surface area contributed by atoms with Crippen molar-refractivity contribution in [2.24, 2.45) is 11.1 Å². The van der Waals surface area contributed by atoms with E-state index in [2.05, 4.69) is 16.0 Å². The van der Waals surface area contributed by atoms with Crippen molar-refractivity contribution in [1.82, 2.24) is 5.32 Å². The molecular formula is C30H28Cl2F2N4O3. The minimum Gasteiger partial charge on any atom is -0.366 e. The number of benzene rings is 3. The highest BCUT2D eigenvalue weighted by atomic mass is 35.5. The molecular weight excluding hydrogens is 573 g/mol. The summed E-state index contributed by atoms with van der Waals surface area (Å²) in [6, 6.07) is 11.4. The molecule has 0 aromatic heterocycles. The van der Waals surface area contributed by atoms with Crippen LogP contribution in [0.2, 0.25) is 10.0 Å². The van der Waals surface area contributed by atoms with Gasteiger partial charge in [0, 0.05) is 23.2 Å². The van der Waals surface area contributed by atoms with Gasteiger partial charge in [0.25, 0.3) is 0 Å². The number of rotatable bonds is 5. The van der Waals surface area contributed by atoms with E-state index in [1.807, 2.05) is 20.8 Å². The first-order valence-electron chi connectivity index (χ1n) is 13.0. The highest BCUT2D eigenvalue weighted by molar-refractivity contribution is 6.31. The summed E-state index contributed by atoms with van der Waals surface area (Å²) in [7, 11) is 0. The van der Waals surface area contributed by atoms with Crippen molar-refractivity contribution in [1.29, 1.82) is 0 Å². The van der Waals surface area contributed by atoms with E-state index in [0.717, 1.165) is 0 Å². The van der Waals surface area contributed by atoms with Gasteiger partial charge < -0.3 is 21.7 Å². The van der Waals surface area contributed by atoms with Crippen molar-refractivity contribution in [2.75, 3.05) is 10.6 Å². The van der Waals surface area contributed by atoms with E-state index in [9.17, 15) is 14.4 Å². The lowest BCUT2D eigenvalue weighted by atomic mass is 9.62. The van der Waals surface area contributed by atoms with Crippen LogP contribution in [0.5, 0.6) is 0 Å². The summed E-state index contributed by atoms with van der Waals surface area (Å²) in [6.07, 6.45) is 0.375. The fraction of sp³-hybridized carbons (Fsp3) is 0.300. The van der Waals surface area contributed by atoms with Crippen molar-refractivity contribution in [2.45, 2.75) is 50.6 Å². The third-order valence-corrected chi connectivity index (χ3v) is 8.35. The van der Waals surface area contributed by atoms with E-state index in [1.54, 1.807) is 12.1 Å². The number of carbonyl (C=O) groups excluding carboxylic acids is 3. The normalized spacial score (nSPS) is 23.4. The minimum absolute atomic E-state index is 0.0315. The van der Waals surface area contributed by atoms with Gasteiger partial charge in [0.1, 0.15) is 11.2 Å². The Balaban J connectivity index is 1.71. The van der Waals surface area contributed by atoms with E-state index in [4.69, 9.17) is 28.9 Å². The predicted octanol–water partition coefficient (Wildman–Crippen LogP) is 5.76. The molecule has 11 heteroatoms. The van der Waals surface area contributed by atoms with Gasteiger partial charge in [0.2, 0.25) is 17.7 Å². The molecule has 3 aromatic rings. The second-order valence-corrected chi connectivity index (χ2v) is 12.4. The van der Waals surface area contributed by atoms with Gasteiger partial charge in [-0.05, 0) is 59.4 Å². The Labute approximate surface area is 245 Å². The molecule has 2 unspecified atom stereocenters. The highest BCUT2D eigenvalue weighted by Gasteiger charge is 2.66. The standard InChI is InChI=1S/C30H28Cl2F2N4O3/c1-29(2,3)13-20-30(17-11-12-19(32)23(34)24(17)38-28(30)41)21(16-5-4-6-18(31)22(16)33)25(37-20)27(40)36-15-9-7-14(8-10-15)26(35)39/h4-12,20-21,25,37H,13H2,1-3H3,(H2,35,39)(H,36,40)(H,38,41)/t20?,21?,25-,30-/m1/s1. The van der Waals surface area contributed by atoms with Crippen molar-refractivity contribution in [3.63, 3.8) is 0 Å². The zero-order valence-corrected chi connectivity index (χ0v) is 24.0. The molecule has 0 aliphatic carbocycles. The lowest BCUT2D eigenvalue weighted by Gasteiger charge is -2.37. The molecule has 2 aliphatic rings. The van der Waals surface area contributed by atoms with Crippen LogP contribution in [0.4, 0.5) is 20.2 Å². The number of anilines is 2. The molecule has 3 amide bonds. The maximum absolute atomic E-state index is 15.8. The van der Waals surface area contributed by atoms with Gasteiger partial charge >= 0.3 is 0 Å². The van der Waals surface area contributed by atoms with Gasteiger partial charge in [-0.25, -0.2) is 8.78 Å². The van der Waals surface area contributed by atoms with Gasteiger partial charge in [0.15, 0.2) is 5.82 Å². The van der Waals surface area contributed by atoms with E-state index in [0.29, 0.717) is 12.1 Å². The van der Waals surface area contributed by atoms with Crippen LogP contribution < -0.4 is 21.7 Å². The van der Waals surface area contributed by atoms with Crippen LogP contribution in [-0.2, 0) is 15.0 Å². The molecule has 2 heterocycles. The van der Waals surface area contributed by atoms with E-state index in [-0.39, 0.29) is 37.8 Å². The first-order chi connectivity index (χ1) is 19.3. The molecule has 0 radical (unpaired) electrons. The maximum Gasteiger partial charge on any atom is 0.248 e. The summed E-state index contributed by atoms with van der Waals surface area (Å²) >= 11 is 12.3. The van der Waals surface area contributed by atoms with Gasteiger partial charge in [-0.1, -0.05) is 62.2 Å². The monoisotopic (exact) mass is 600 g/mol. The highest BCUT2D eigenvalue weighted by Crippen LogP contribution is 2.57. The van der Waals surface area contributed by atoms with Crippen LogP contribution in [0, 0.1) is 17.0 Å². The molecule has 41 heavy (non-hydrogen) atoms. The smallest absolute Gasteiger partial charge is 0.248 e. The topological polar surface area (TPSA) is 113 Å². The Morgan fingerprint density at radius 3 is 2.29 bits per heavy atom. The largest absolute Gasteiger partial charge is 0.366 e. The molecule has 0 saturated carbocycles. The fourth-order valence-corrected chi connectivity index (χ4v) is 6.46. The summed E-state index contributed by atoms with van der Waals surface area (Å²) in [5.41, 5.74) is 4.19. The number of nitrogens with two attached hydrogens (primary N) is 1. The molecule has 5 N–H and O–H groups in total. The van der Waals surface area contributed by atoms with E-state index >= 15 is 8.78 Å². The summed E-state index contributed by atoms with van der Waals surface area (Å²) in [4.78, 5) is 39.6. The van der Waals surface area contributed by atoms with Crippen LogP contribution in [0.15, 0.2) is 54.6 Å². The molecule has 2 aliphatic heterocycles. The third-order valence-electron chi connectivity index (χ3n) is 7.76. The van der Waals surface area contributed by atoms with Crippen molar-refractivity contribution >= 4 is 52.3 Å². The molecule has 1 spiro atoms. The molecule has 1 saturated heterocycles. The Bertz CT molecular complexity index is 1580. The molecule has 1 fully saturated rings. The van der Waals surface area contributed by atoms with Crippen LogP contribution in [0.3, 0.4) is 0 Å². The first-order valence-corrected chi connectivity index (χ1v) is 13.7. The average Bonchev–Trinajstić information content (AvgIpc) is 3.38. The van der Waals surface area contributed by atoms with Gasteiger partial charge in [0.05, 0.1) is 21.8 Å². The lowest BCUT2D eigenvalue weighted by molar-refractivity contribution is -0.122. The van der Waals surface area contributed by atoms with Crippen LogP contribution in [-0.4, -0.2) is 29.8 Å². The number of amides is 3. The number of fused-ring (bicyclic) bond motifs is 2. The number of carbonyl (C=O) groups is 3. The number of hydrogen-bond acceptors (Lipinski definition) is 4. The molecule has 3 aromatic carbocycles. The number of halogens is 4. The maximum atomic E-state index is 15.8. The average molecular weight is 601 g/mol. The zero-order valence-electron chi connectivity index (χ0n) is 22.4. The summed E-state index contributed by atoms with van der Waals surface area (Å²) in [5.74, 6) is -4.50. The Morgan fingerprint density at radius 2 is 1.66 bits per heavy atom. The van der Waals surface area contributed by atoms with Crippen molar-refractivity contribution in [3.05, 3.63) is 93.0 Å². The zero-order chi connectivity index (χ0) is 29.9. The van der Waals surface area contributed by atoms with Crippen molar-refractivity contribution in [3.8, 4) is 0 Å². The molecule has 0 bridgehead atoms. The van der Waals surface area contributed by atoms with Crippen LogP contribution in [0.1, 0.15) is 54.6 Å². The Morgan fingerprint density at radius 1 is 1.00 bits per heavy atom. The van der Waals surface area contributed by atoms with Crippen molar-refractivity contribution < 1.29 is 23.2 Å². The van der Waals surface area contributed by atoms with E-state index in [1.165, 1.54) is 42.5 Å². The SMILES string of the molecule is CC(C)(C)CC1N[C@@H](C(=O)Nc2ccc(C(N)=O)cc2)C(c2cccc(Cl)c2F)[C@]12C(=O)Nc1c2ccc(Cl)c1F. The quantitative estimate of drug-likeness (QED) is 0.298. The van der Waals surface area contributed by atoms with Crippen LogP contribution in [0.25, 0.3) is 0 Å². The Hall–Kier alpha value is -3.53. The second kappa shape index (κ2) is 10.4. The predicted molar refractivity (Wildman–Crippen MR) is 154 cm³/mol. The van der Waals surface area contributed by atoms with E-state index < -0.39 is 52.8 Å². The lowest BCUT2D eigenvalue weighted by Crippen LogP contribution is -2.49. The number of primary amides is 1. The number of nitrogens with one attached hydrogen (secondary N) is 3. The summed E-state index contributed by atoms with van der Waals surface area (Å²) < 4.78 is 31.1. The fourth-order valence-electron chi connectivity index (χ4n) is 6.12. The molecule has 4 atom stereocenters. The molecule has 7 nitrogen and oxygen atoms in total. The van der Waals surface area contributed by atoms with Gasteiger partial charge in [-0.2, -0.15) is 0 Å². The summed E-state index contributed by atoms with van der Waals surface area (Å²) in [6.45, 7) is 5.92. The third kappa shape index (κ3) is 4.86. The Kier molecular flexibility index (Phi) is 7.34. The van der Waals surface area contributed by atoms with Gasteiger partial charge in [-0.3, -0.25) is 14.4 Å². The minimum atomic E-state index is -1.60.